The van der Waals surface area contributed by atoms with Crippen molar-refractivity contribution in [3.8, 4) is 28.7 Å². The molecule has 11 heteroatoms. The molecule has 458 valence electrons. The van der Waals surface area contributed by atoms with E-state index in [2.05, 4.69) is 144 Å². The van der Waals surface area contributed by atoms with E-state index in [0.717, 1.165) is 123 Å². The van der Waals surface area contributed by atoms with Gasteiger partial charge in [0.05, 0.1) is 34.4 Å². The van der Waals surface area contributed by atoms with Crippen molar-refractivity contribution in [2.75, 3.05) is 26.7 Å². The van der Waals surface area contributed by atoms with Crippen LogP contribution in [0, 0.1) is 69.5 Å². The molecule has 4 aromatic carbocycles. The lowest BCUT2D eigenvalue weighted by Crippen LogP contribution is -2.58. The highest BCUT2D eigenvalue weighted by Crippen LogP contribution is 2.77. The van der Waals surface area contributed by atoms with Crippen LogP contribution in [0.25, 0.3) is 16.7 Å². The van der Waals surface area contributed by atoms with Gasteiger partial charge in [-0.1, -0.05) is 123 Å². The molecule has 17 rings (SSSR count). The number of allylic oxidation sites excluding steroid dienone is 6. The second kappa shape index (κ2) is 22.5. The zero-order valence-corrected chi connectivity index (χ0v) is 51.6. The molecule has 5 fully saturated rings. The van der Waals surface area contributed by atoms with E-state index in [0.29, 0.717) is 73.8 Å². The first-order valence-electron chi connectivity index (χ1n) is 33.6. The molecular formula is C77H88N4O7. The minimum atomic E-state index is -1.10. The Bertz CT molecular complexity index is 3670. The van der Waals surface area contributed by atoms with Crippen LogP contribution < -0.4 is 21.3 Å². The summed E-state index contributed by atoms with van der Waals surface area (Å²) >= 11 is 0. The van der Waals surface area contributed by atoms with E-state index in [9.17, 15) is 15.3 Å². The number of rotatable bonds is 7. The van der Waals surface area contributed by atoms with Crippen molar-refractivity contribution in [1.29, 1.82) is 0 Å². The lowest BCUT2D eigenvalue weighted by molar-refractivity contribution is -0.135. The van der Waals surface area contributed by atoms with Crippen molar-refractivity contribution < 1.29 is 34.4 Å². The number of nitrogens with one attached hydrogen (secondary N) is 4. The summed E-state index contributed by atoms with van der Waals surface area (Å²) in [5, 5.41) is 52.0. The fourth-order valence-electron chi connectivity index (χ4n) is 19.9. The molecule has 6 aliphatic heterocycles. The maximum Gasteiger partial charge on any atom is 0.340 e. The summed E-state index contributed by atoms with van der Waals surface area (Å²) in [6.07, 6.45) is 23.7. The third-order valence-electron chi connectivity index (χ3n) is 24.1. The summed E-state index contributed by atoms with van der Waals surface area (Å²) in [5.74, 6) is 7.68. The third-order valence-corrected chi connectivity index (χ3v) is 24.1. The molecule has 14 unspecified atom stereocenters. The number of phenolic OH excluding ortho intramolecular Hbond substituents is 1. The van der Waals surface area contributed by atoms with E-state index in [1.54, 1.807) is 6.07 Å². The van der Waals surface area contributed by atoms with Crippen molar-refractivity contribution >= 4 is 17.5 Å². The monoisotopic (exact) mass is 1180 g/mol. The van der Waals surface area contributed by atoms with Crippen LogP contribution >= 0.6 is 0 Å². The Morgan fingerprint density at radius 2 is 1.66 bits per heavy atom. The number of carbonyl (C=O) groups excluding carboxylic acids is 2. The standard InChI is InChI=1S/C77H88N4O7/c1-4-47(37-48-13-6-5-7-14-48)39-64-77-34-23-61-66(68(77)72(84)88-64)59-43-56(82)20-21-57(59)50-16-11-17-51(40-50)62-24-33-75(61)32-22-58-63(87-71(83)67(58)70(75)77)25-31-74(54-27-36-80-65(42-54)78-3)44-53-41-55(76(86)29-8-9-30-76)19-12-28-73(2,85)46-81-69(60(53)45-74)52-18-10-15-49(38-52)26-35-79-62/h5-7,10-11,13-18,20-21,24-25,33,38-40,43,47,53-55,60-62,65,69-70,78-82,85-86H,4,8-9,22-23,26-32,34-37,41-42,44-46H2,1-3H3. The second-order valence-corrected chi connectivity index (χ2v) is 29.0. The molecule has 2 spiro atoms. The number of aliphatic hydroxyl groups is 2. The van der Waals surface area contributed by atoms with Gasteiger partial charge in [-0.3, -0.25) is 0 Å². The number of β-amino-alcohol motifs (C(OH)–C–C–N with tert-alkyl or cyclic N) is 1. The maximum atomic E-state index is 15.9. The molecule has 14 atom stereocenters. The number of carbonyl (C=O) groups is 2. The van der Waals surface area contributed by atoms with Crippen molar-refractivity contribution in [3.63, 3.8) is 0 Å². The van der Waals surface area contributed by atoms with E-state index in [1.807, 2.05) is 25.1 Å². The van der Waals surface area contributed by atoms with Crippen LogP contribution in [-0.2, 0) is 31.9 Å². The van der Waals surface area contributed by atoms with Crippen LogP contribution in [0.15, 0.2) is 150 Å². The van der Waals surface area contributed by atoms with Gasteiger partial charge in [0, 0.05) is 53.9 Å². The molecule has 0 radical (unpaired) electrons. The van der Waals surface area contributed by atoms with Crippen LogP contribution in [0.3, 0.4) is 0 Å². The summed E-state index contributed by atoms with van der Waals surface area (Å²) in [6.45, 7) is 6.05. The molecule has 7 N–H and O–H groups in total. The fourth-order valence-corrected chi connectivity index (χ4v) is 19.9. The van der Waals surface area contributed by atoms with Gasteiger partial charge < -0.3 is 46.1 Å². The van der Waals surface area contributed by atoms with Gasteiger partial charge in [-0.2, -0.15) is 0 Å². The molecule has 13 aliphatic rings. The maximum absolute atomic E-state index is 15.9. The molecule has 0 aromatic heterocycles. The van der Waals surface area contributed by atoms with Crippen molar-refractivity contribution in [2.45, 2.75) is 159 Å². The van der Waals surface area contributed by atoms with Crippen LogP contribution in [0.2, 0.25) is 0 Å². The molecule has 11 nitrogen and oxygen atoms in total. The first-order valence-corrected chi connectivity index (χ1v) is 33.6. The quantitative estimate of drug-likeness (QED) is 0.0536. The molecule has 3 saturated carbocycles. The average Bonchev–Trinajstić information content (AvgIpc) is 1.31. The van der Waals surface area contributed by atoms with Gasteiger partial charge in [0.2, 0.25) is 0 Å². The number of fused-ring (bicyclic) bond motifs is 9. The number of esters is 2. The van der Waals surface area contributed by atoms with Gasteiger partial charge in [-0.25, -0.2) is 9.59 Å². The smallest absolute Gasteiger partial charge is 0.340 e. The van der Waals surface area contributed by atoms with Crippen molar-refractivity contribution in [1.82, 2.24) is 21.3 Å². The van der Waals surface area contributed by atoms with Gasteiger partial charge >= 0.3 is 11.9 Å². The first-order chi connectivity index (χ1) is 42.7. The van der Waals surface area contributed by atoms with E-state index in [4.69, 9.17) is 9.47 Å². The summed E-state index contributed by atoms with van der Waals surface area (Å²) in [7, 11) is 2.06. The Hall–Kier alpha value is -6.36. The summed E-state index contributed by atoms with van der Waals surface area (Å²) in [5.41, 5.74) is 6.90. The number of hydrogen-bond donors (Lipinski definition) is 7. The molecule has 4 aromatic rings. The number of phenols is 1. The Morgan fingerprint density at radius 3 is 2.50 bits per heavy atom. The summed E-state index contributed by atoms with van der Waals surface area (Å²) in [6, 6.07) is 33.9. The molecule has 7 aliphatic carbocycles. The number of aromatic hydroxyl groups is 1. The predicted molar refractivity (Wildman–Crippen MR) is 342 cm³/mol. The molecule has 0 amide bonds. The van der Waals surface area contributed by atoms with E-state index in [-0.39, 0.29) is 70.9 Å². The zero-order chi connectivity index (χ0) is 60.2. The largest absolute Gasteiger partial charge is 0.508 e. The fraction of sp³-hybridized carbons (Fsp3) is 0.506. The first kappa shape index (κ1) is 58.0. The van der Waals surface area contributed by atoms with Crippen LogP contribution in [0.5, 0.6) is 5.75 Å². The van der Waals surface area contributed by atoms with Crippen molar-refractivity contribution in [2.24, 2.45) is 57.7 Å². The SMILES string of the molecule is CCC(C=C1OC(=O)C2=C3c4cc(O)ccc4-c4cccc(c4)C4C=CC56CCC7=C(C(=O)OC7=CCC7(C8CCNC(NC)C8)CC8CC(C9(O)CCCC9)C#CCC(C)(O)CNC(c9cccc(c9)CCN4)C8C7)C5C12CCC36)Cc1ccccc1. The van der Waals surface area contributed by atoms with Crippen molar-refractivity contribution in [3.05, 3.63) is 177 Å². The van der Waals surface area contributed by atoms with Crippen LogP contribution in [0.4, 0.5) is 0 Å². The normalized spacial score (nSPS) is 36.2. The van der Waals surface area contributed by atoms with Gasteiger partial charge in [0.15, 0.2) is 0 Å². The van der Waals surface area contributed by atoms with E-state index in [1.165, 1.54) is 16.7 Å². The Labute approximate surface area is 520 Å². The summed E-state index contributed by atoms with van der Waals surface area (Å²) in [4.78, 5) is 31.6. The third kappa shape index (κ3) is 9.76. The minimum absolute atomic E-state index is 0.0398. The predicted octanol–water partition coefficient (Wildman–Crippen LogP) is 12.6. The minimum Gasteiger partial charge on any atom is -0.508 e. The highest BCUT2D eigenvalue weighted by Gasteiger charge is 2.73. The lowest BCUT2D eigenvalue weighted by Gasteiger charge is -2.62. The van der Waals surface area contributed by atoms with Crippen LogP contribution in [-0.4, -0.2) is 71.3 Å². The molecular weight excluding hydrogens is 1090 g/mol. The summed E-state index contributed by atoms with van der Waals surface area (Å²) < 4.78 is 13.9. The van der Waals surface area contributed by atoms with E-state index >= 15 is 9.59 Å². The number of cyclic esters (lactones) is 1. The highest BCUT2D eigenvalue weighted by molar-refractivity contribution is 6.08. The molecule has 2 saturated heterocycles. The lowest BCUT2D eigenvalue weighted by atomic mass is 9.38. The number of piperidine rings is 1. The molecule has 6 heterocycles. The van der Waals surface area contributed by atoms with Gasteiger partial charge in [-0.05, 0) is 227 Å². The average molecular weight is 1180 g/mol. The molecule has 14 bridgehead atoms. The number of hydrogen-bond acceptors (Lipinski definition) is 11. The topological polar surface area (TPSA) is 161 Å². The number of ether oxygens (including phenoxy) is 2. The van der Waals surface area contributed by atoms with Gasteiger partial charge in [0.1, 0.15) is 17.3 Å². The highest BCUT2D eigenvalue weighted by atomic mass is 16.6. The van der Waals surface area contributed by atoms with Crippen LogP contribution in [0.1, 0.15) is 156 Å². The van der Waals surface area contributed by atoms with Gasteiger partial charge in [0.25, 0.3) is 0 Å². The second-order valence-electron chi connectivity index (χ2n) is 29.0. The Balaban J connectivity index is 0.955. The Morgan fingerprint density at radius 1 is 0.818 bits per heavy atom. The zero-order valence-electron chi connectivity index (χ0n) is 51.6. The Kier molecular flexibility index (Phi) is 14.9. The van der Waals surface area contributed by atoms with E-state index < -0.39 is 27.9 Å². The van der Waals surface area contributed by atoms with Gasteiger partial charge in [-0.15, -0.1) is 0 Å². The number of benzene rings is 4. The molecule has 88 heavy (non-hydrogen) atoms.